The molecular weight excluding hydrogens is 290 g/mol. The van der Waals surface area contributed by atoms with E-state index in [0.717, 1.165) is 0 Å². The van der Waals surface area contributed by atoms with Crippen molar-refractivity contribution in [2.75, 3.05) is 0 Å². The Bertz CT molecular complexity index is 642. The number of pyridine rings is 1. The van der Waals surface area contributed by atoms with Gasteiger partial charge in [0, 0.05) is 17.6 Å². The minimum atomic E-state index is -0.719. The SMILES string of the molecule is NC(=O)c1ncc(Br)c2c([N+](=O)[O-])cccc12. The summed E-state index contributed by atoms with van der Waals surface area (Å²) in [5.74, 6) is -0.719. The van der Waals surface area contributed by atoms with Gasteiger partial charge in [-0.25, -0.2) is 4.98 Å². The van der Waals surface area contributed by atoms with E-state index in [4.69, 9.17) is 5.73 Å². The van der Waals surface area contributed by atoms with Gasteiger partial charge in [-0.2, -0.15) is 0 Å². The molecule has 0 saturated heterocycles. The first kappa shape index (κ1) is 11.5. The van der Waals surface area contributed by atoms with Crippen LogP contribution in [-0.2, 0) is 0 Å². The summed E-state index contributed by atoms with van der Waals surface area (Å²) in [6.45, 7) is 0. The second kappa shape index (κ2) is 4.10. The molecule has 0 spiro atoms. The lowest BCUT2D eigenvalue weighted by Crippen LogP contribution is -2.13. The highest BCUT2D eigenvalue weighted by Gasteiger charge is 2.18. The molecule has 0 unspecified atom stereocenters. The summed E-state index contributed by atoms with van der Waals surface area (Å²) in [6.07, 6.45) is 1.33. The van der Waals surface area contributed by atoms with Crippen molar-refractivity contribution in [2.24, 2.45) is 5.73 Å². The maximum atomic E-state index is 11.2. The Hall–Kier alpha value is -2.02. The molecule has 86 valence electrons. The highest BCUT2D eigenvalue weighted by atomic mass is 79.9. The zero-order chi connectivity index (χ0) is 12.6. The molecule has 0 atom stereocenters. The molecule has 0 aliphatic heterocycles. The first-order valence-electron chi connectivity index (χ1n) is 4.54. The largest absolute Gasteiger partial charge is 0.364 e. The van der Waals surface area contributed by atoms with E-state index in [2.05, 4.69) is 20.9 Å². The maximum Gasteiger partial charge on any atom is 0.278 e. The minimum Gasteiger partial charge on any atom is -0.364 e. The van der Waals surface area contributed by atoms with E-state index in [-0.39, 0.29) is 11.4 Å². The van der Waals surface area contributed by atoms with E-state index in [1.54, 1.807) is 6.07 Å². The molecule has 0 aliphatic carbocycles. The average Bonchev–Trinajstić information content (AvgIpc) is 2.28. The van der Waals surface area contributed by atoms with E-state index in [0.29, 0.717) is 15.2 Å². The summed E-state index contributed by atoms with van der Waals surface area (Å²) in [7, 11) is 0. The topological polar surface area (TPSA) is 99.1 Å². The highest BCUT2D eigenvalue weighted by Crippen LogP contribution is 2.32. The normalized spacial score (nSPS) is 10.4. The molecule has 0 saturated carbocycles. The van der Waals surface area contributed by atoms with Crippen LogP contribution in [-0.4, -0.2) is 15.8 Å². The Labute approximate surface area is 104 Å². The fourth-order valence-corrected chi connectivity index (χ4v) is 2.11. The smallest absolute Gasteiger partial charge is 0.278 e. The van der Waals surface area contributed by atoms with Gasteiger partial charge in [-0.15, -0.1) is 0 Å². The number of hydrogen-bond donors (Lipinski definition) is 1. The molecule has 17 heavy (non-hydrogen) atoms. The molecule has 1 heterocycles. The molecule has 0 aliphatic rings. The van der Waals surface area contributed by atoms with Crippen molar-refractivity contribution in [1.29, 1.82) is 0 Å². The molecular formula is C10H6BrN3O3. The van der Waals surface area contributed by atoms with Crippen LogP contribution in [0, 0.1) is 10.1 Å². The van der Waals surface area contributed by atoms with Gasteiger partial charge in [0.05, 0.1) is 14.8 Å². The van der Waals surface area contributed by atoms with Gasteiger partial charge in [0.25, 0.3) is 11.6 Å². The number of primary amides is 1. The third kappa shape index (κ3) is 1.84. The van der Waals surface area contributed by atoms with Crippen LogP contribution in [0.1, 0.15) is 10.5 Å². The molecule has 0 bridgehead atoms. The Morgan fingerprint density at radius 2 is 2.18 bits per heavy atom. The van der Waals surface area contributed by atoms with Crippen molar-refractivity contribution >= 4 is 38.3 Å². The zero-order valence-electron chi connectivity index (χ0n) is 8.38. The average molecular weight is 296 g/mol. The van der Waals surface area contributed by atoms with Gasteiger partial charge < -0.3 is 5.73 Å². The predicted molar refractivity (Wildman–Crippen MR) is 64.6 cm³/mol. The minimum absolute atomic E-state index is 0.0203. The number of rotatable bonds is 2. The van der Waals surface area contributed by atoms with Crippen molar-refractivity contribution in [2.45, 2.75) is 0 Å². The number of aromatic nitrogens is 1. The Balaban J connectivity index is 2.95. The fraction of sp³-hybridized carbons (Fsp3) is 0. The van der Waals surface area contributed by atoms with Crippen molar-refractivity contribution in [1.82, 2.24) is 4.98 Å². The van der Waals surface area contributed by atoms with Crippen molar-refractivity contribution < 1.29 is 9.72 Å². The van der Waals surface area contributed by atoms with Gasteiger partial charge in [-0.1, -0.05) is 12.1 Å². The first-order valence-corrected chi connectivity index (χ1v) is 5.33. The summed E-state index contributed by atoms with van der Waals surface area (Å²) < 4.78 is 0.449. The lowest BCUT2D eigenvalue weighted by atomic mass is 10.1. The van der Waals surface area contributed by atoms with Crippen molar-refractivity contribution in [3.63, 3.8) is 0 Å². The van der Waals surface area contributed by atoms with Crippen LogP contribution >= 0.6 is 15.9 Å². The van der Waals surface area contributed by atoms with E-state index >= 15 is 0 Å². The second-order valence-corrected chi connectivity index (χ2v) is 4.13. The number of amides is 1. The van der Waals surface area contributed by atoms with Crippen molar-refractivity contribution in [3.05, 3.63) is 44.7 Å². The Morgan fingerprint density at radius 3 is 2.76 bits per heavy atom. The van der Waals surface area contributed by atoms with Crippen LogP contribution in [0.15, 0.2) is 28.9 Å². The second-order valence-electron chi connectivity index (χ2n) is 3.28. The van der Waals surface area contributed by atoms with Gasteiger partial charge in [0.2, 0.25) is 0 Å². The predicted octanol–water partition coefficient (Wildman–Crippen LogP) is 2.00. The third-order valence-electron chi connectivity index (χ3n) is 2.27. The number of fused-ring (bicyclic) bond motifs is 1. The molecule has 7 heteroatoms. The number of hydrogen-bond acceptors (Lipinski definition) is 4. The number of non-ortho nitro benzene ring substituents is 1. The Kier molecular flexibility index (Phi) is 2.76. The van der Waals surface area contributed by atoms with E-state index in [1.165, 1.54) is 18.3 Å². The Morgan fingerprint density at radius 1 is 1.47 bits per heavy atom. The molecule has 1 amide bonds. The molecule has 1 aromatic heterocycles. The van der Waals surface area contributed by atoms with Crippen LogP contribution in [0.5, 0.6) is 0 Å². The number of benzene rings is 1. The zero-order valence-corrected chi connectivity index (χ0v) is 9.97. The number of nitrogens with two attached hydrogens (primary N) is 1. The van der Waals surface area contributed by atoms with Gasteiger partial charge >= 0.3 is 0 Å². The van der Waals surface area contributed by atoms with Crippen LogP contribution < -0.4 is 5.73 Å². The van der Waals surface area contributed by atoms with Gasteiger partial charge in [0.1, 0.15) is 5.69 Å². The number of nitro benzene ring substituents is 1. The number of halogens is 1. The van der Waals surface area contributed by atoms with Crippen LogP contribution in [0.3, 0.4) is 0 Å². The fourth-order valence-electron chi connectivity index (χ4n) is 1.59. The molecule has 2 N–H and O–H groups in total. The number of carbonyl (C=O) groups excluding carboxylic acids is 1. The molecule has 0 radical (unpaired) electrons. The quantitative estimate of drug-likeness (QED) is 0.676. The van der Waals surface area contributed by atoms with Gasteiger partial charge in [0.15, 0.2) is 0 Å². The molecule has 6 nitrogen and oxygen atoms in total. The summed E-state index contributed by atoms with van der Waals surface area (Å²) in [6, 6.07) is 4.42. The highest BCUT2D eigenvalue weighted by molar-refractivity contribution is 9.10. The summed E-state index contributed by atoms with van der Waals surface area (Å²) >= 11 is 3.18. The maximum absolute atomic E-state index is 11.2. The third-order valence-corrected chi connectivity index (χ3v) is 2.87. The van der Waals surface area contributed by atoms with Crippen LogP contribution in [0.4, 0.5) is 5.69 Å². The molecule has 2 rings (SSSR count). The standard InChI is InChI=1S/C10H6BrN3O3/c11-6-4-13-9(10(12)15)5-2-1-3-7(8(5)6)14(16)17/h1-4H,(H2,12,15). The number of carbonyl (C=O) groups is 1. The summed E-state index contributed by atoms with van der Waals surface area (Å²) in [4.78, 5) is 25.4. The monoisotopic (exact) mass is 295 g/mol. The molecule has 1 aromatic carbocycles. The van der Waals surface area contributed by atoms with Crippen molar-refractivity contribution in [3.8, 4) is 0 Å². The molecule has 0 fully saturated rings. The van der Waals surface area contributed by atoms with Crippen LogP contribution in [0.2, 0.25) is 0 Å². The van der Waals surface area contributed by atoms with E-state index in [1.807, 2.05) is 0 Å². The van der Waals surface area contributed by atoms with Gasteiger partial charge in [-0.3, -0.25) is 14.9 Å². The first-order chi connectivity index (χ1) is 8.02. The lowest BCUT2D eigenvalue weighted by Gasteiger charge is -2.04. The van der Waals surface area contributed by atoms with E-state index < -0.39 is 10.8 Å². The van der Waals surface area contributed by atoms with Crippen LogP contribution in [0.25, 0.3) is 10.8 Å². The van der Waals surface area contributed by atoms with E-state index in [9.17, 15) is 14.9 Å². The number of nitrogens with zero attached hydrogens (tertiary/aromatic N) is 2. The molecule has 2 aromatic rings. The van der Waals surface area contributed by atoms with Gasteiger partial charge in [-0.05, 0) is 15.9 Å². The summed E-state index contributed by atoms with van der Waals surface area (Å²) in [5.41, 5.74) is 5.09. The lowest BCUT2D eigenvalue weighted by molar-refractivity contribution is -0.383. The summed E-state index contributed by atoms with van der Waals surface area (Å²) in [5, 5.41) is 11.6. The number of nitro groups is 1.